The van der Waals surface area contributed by atoms with E-state index in [2.05, 4.69) is 20.8 Å². The number of carbonyl (C=O) groups excluding carboxylic acids is 2. The minimum Gasteiger partial charge on any atom is -0.342 e. The topological polar surface area (TPSA) is 48.8 Å². The van der Waals surface area contributed by atoms with E-state index in [4.69, 9.17) is 0 Å². The number of fused-ring (bicyclic) bond motifs is 1. The van der Waals surface area contributed by atoms with E-state index < -0.39 is 0 Å². The van der Waals surface area contributed by atoms with Crippen molar-refractivity contribution in [2.24, 2.45) is 7.05 Å². The Bertz CT molecular complexity index is 825. The molecule has 2 amide bonds. The molecule has 144 valence electrons. The van der Waals surface area contributed by atoms with Gasteiger partial charge in [-0.2, -0.15) is 0 Å². The lowest BCUT2D eigenvalue weighted by molar-refractivity contribution is -0.131. The zero-order chi connectivity index (χ0) is 19.0. The number of amides is 2. The van der Waals surface area contributed by atoms with Crippen LogP contribution in [0.25, 0.3) is 10.9 Å². The Kier molecular flexibility index (Phi) is 5.23. The van der Waals surface area contributed by atoms with Gasteiger partial charge < -0.3 is 14.4 Å². The van der Waals surface area contributed by atoms with Crippen LogP contribution < -0.4 is 0 Å². The first-order valence-electron chi connectivity index (χ1n) is 9.58. The van der Waals surface area contributed by atoms with Gasteiger partial charge in [0.15, 0.2) is 0 Å². The Morgan fingerprint density at radius 1 is 0.963 bits per heavy atom. The van der Waals surface area contributed by atoms with Crippen LogP contribution in [0.2, 0.25) is 0 Å². The van der Waals surface area contributed by atoms with Gasteiger partial charge in [-0.3, -0.25) is 14.5 Å². The lowest BCUT2D eigenvalue weighted by atomic mass is 10.2. The molecule has 0 atom stereocenters. The lowest BCUT2D eigenvalue weighted by Gasteiger charge is -2.35. The van der Waals surface area contributed by atoms with Gasteiger partial charge in [-0.15, -0.1) is 0 Å². The van der Waals surface area contributed by atoms with Crippen LogP contribution in [0.5, 0.6) is 0 Å². The molecule has 0 aliphatic carbocycles. The van der Waals surface area contributed by atoms with E-state index in [1.54, 1.807) is 0 Å². The van der Waals surface area contributed by atoms with Gasteiger partial charge in [-0.25, -0.2) is 0 Å². The van der Waals surface area contributed by atoms with Crippen LogP contribution >= 0.6 is 15.9 Å². The highest BCUT2D eigenvalue weighted by Crippen LogP contribution is 2.31. The van der Waals surface area contributed by atoms with E-state index in [-0.39, 0.29) is 11.8 Å². The van der Waals surface area contributed by atoms with E-state index in [0.29, 0.717) is 25.3 Å². The summed E-state index contributed by atoms with van der Waals surface area (Å²) in [5, 5.41) is 1.05. The molecule has 2 aliphatic rings. The average Bonchev–Trinajstić information content (AvgIpc) is 3.30. The number of rotatable bonds is 3. The number of carbonyl (C=O) groups is 2. The highest BCUT2D eigenvalue weighted by Gasteiger charge is 2.28. The normalized spacial score (nSPS) is 18.4. The molecular formula is C20H25BrN4O2. The van der Waals surface area contributed by atoms with E-state index in [9.17, 15) is 9.59 Å². The summed E-state index contributed by atoms with van der Waals surface area (Å²) in [6, 6.07) is 8.02. The number of benzene rings is 1. The first kappa shape index (κ1) is 18.5. The van der Waals surface area contributed by atoms with Gasteiger partial charge in [0, 0.05) is 57.2 Å². The quantitative estimate of drug-likeness (QED) is 0.747. The third-order valence-electron chi connectivity index (χ3n) is 5.72. The fourth-order valence-corrected chi connectivity index (χ4v) is 4.87. The molecule has 1 aromatic carbocycles. The van der Waals surface area contributed by atoms with Crippen LogP contribution in [-0.2, 0) is 11.8 Å². The van der Waals surface area contributed by atoms with Gasteiger partial charge in [0.05, 0.1) is 11.0 Å². The number of halogens is 1. The predicted molar refractivity (Wildman–Crippen MR) is 109 cm³/mol. The molecule has 2 saturated heterocycles. The van der Waals surface area contributed by atoms with E-state index in [1.807, 2.05) is 45.7 Å². The van der Waals surface area contributed by atoms with Gasteiger partial charge in [0.1, 0.15) is 5.69 Å². The molecule has 0 unspecified atom stereocenters. The number of para-hydroxylation sites is 1. The third kappa shape index (κ3) is 3.50. The monoisotopic (exact) mass is 432 g/mol. The molecule has 6 nitrogen and oxygen atoms in total. The number of aromatic nitrogens is 1. The van der Waals surface area contributed by atoms with Crippen LogP contribution in [0, 0.1) is 0 Å². The van der Waals surface area contributed by atoms with Crippen molar-refractivity contribution in [2.45, 2.75) is 12.8 Å². The van der Waals surface area contributed by atoms with Crippen LogP contribution in [0.3, 0.4) is 0 Å². The molecule has 2 fully saturated rings. The molecule has 3 heterocycles. The van der Waals surface area contributed by atoms with Crippen molar-refractivity contribution in [3.05, 3.63) is 34.4 Å². The molecule has 4 rings (SSSR count). The highest BCUT2D eigenvalue weighted by molar-refractivity contribution is 9.10. The Balaban J connectivity index is 1.41. The maximum atomic E-state index is 13.1. The average molecular weight is 433 g/mol. The molecule has 2 aromatic rings. The van der Waals surface area contributed by atoms with Crippen LogP contribution in [0.4, 0.5) is 0 Å². The number of piperazine rings is 1. The summed E-state index contributed by atoms with van der Waals surface area (Å²) in [6.07, 6.45) is 2.24. The van der Waals surface area contributed by atoms with Gasteiger partial charge in [0.25, 0.3) is 5.91 Å². The highest BCUT2D eigenvalue weighted by atomic mass is 79.9. The molecule has 1 aromatic heterocycles. The first-order valence-corrected chi connectivity index (χ1v) is 10.4. The van der Waals surface area contributed by atoms with Crippen molar-refractivity contribution < 1.29 is 9.59 Å². The zero-order valence-electron chi connectivity index (χ0n) is 15.7. The number of hydrogen-bond donors (Lipinski definition) is 0. The van der Waals surface area contributed by atoms with Gasteiger partial charge in [0.2, 0.25) is 5.91 Å². The molecular weight excluding hydrogens is 408 g/mol. The summed E-state index contributed by atoms with van der Waals surface area (Å²) >= 11 is 3.62. The predicted octanol–water partition coefficient (Wildman–Crippen LogP) is 2.32. The van der Waals surface area contributed by atoms with Crippen molar-refractivity contribution in [3.63, 3.8) is 0 Å². The van der Waals surface area contributed by atoms with E-state index >= 15 is 0 Å². The molecule has 2 aliphatic heterocycles. The Morgan fingerprint density at radius 3 is 2.30 bits per heavy atom. The molecule has 0 saturated carbocycles. The smallest absolute Gasteiger partial charge is 0.271 e. The summed E-state index contributed by atoms with van der Waals surface area (Å²) in [5.74, 6) is 0.273. The minimum absolute atomic E-state index is 0.0473. The van der Waals surface area contributed by atoms with Crippen molar-refractivity contribution >= 4 is 38.6 Å². The second kappa shape index (κ2) is 7.64. The zero-order valence-corrected chi connectivity index (χ0v) is 17.2. The van der Waals surface area contributed by atoms with Crippen LogP contribution in [-0.4, -0.2) is 76.9 Å². The lowest BCUT2D eigenvalue weighted by Crippen LogP contribution is -2.51. The van der Waals surface area contributed by atoms with Crippen molar-refractivity contribution in [3.8, 4) is 0 Å². The molecule has 0 radical (unpaired) electrons. The molecule has 7 heteroatoms. The standard InChI is InChI=1S/C20H25BrN4O2/c1-22-16-7-3-2-6-15(16)18(21)19(22)20(27)25-12-10-23(11-13-25)14-17(26)24-8-4-5-9-24/h2-3,6-7H,4-5,8-14H2,1H3. The summed E-state index contributed by atoms with van der Waals surface area (Å²) in [4.78, 5) is 31.5. The van der Waals surface area contributed by atoms with Crippen LogP contribution in [0.15, 0.2) is 28.7 Å². The fourth-order valence-electron chi connectivity index (χ4n) is 4.10. The minimum atomic E-state index is 0.0473. The Morgan fingerprint density at radius 2 is 1.63 bits per heavy atom. The number of nitrogens with zero attached hydrogens (tertiary/aromatic N) is 4. The van der Waals surface area contributed by atoms with Crippen molar-refractivity contribution in [1.82, 2.24) is 19.3 Å². The molecule has 0 spiro atoms. The van der Waals surface area contributed by atoms with E-state index in [1.165, 1.54) is 0 Å². The Labute approximate surface area is 167 Å². The number of aryl methyl sites for hydroxylation is 1. The maximum absolute atomic E-state index is 13.1. The summed E-state index contributed by atoms with van der Waals surface area (Å²) < 4.78 is 2.82. The van der Waals surface area contributed by atoms with Gasteiger partial charge >= 0.3 is 0 Å². The van der Waals surface area contributed by atoms with Gasteiger partial charge in [-0.05, 0) is 34.8 Å². The van der Waals surface area contributed by atoms with Crippen LogP contribution in [0.1, 0.15) is 23.3 Å². The number of hydrogen-bond acceptors (Lipinski definition) is 3. The summed E-state index contributed by atoms with van der Waals surface area (Å²) in [7, 11) is 1.94. The molecule has 0 N–H and O–H groups in total. The third-order valence-corrected chi connectivity index (χ3v) is 6.53. The summed E-state index contributed by atoms with van der Waals surface area (Å²) in [5.41, 5.74) is 1.74. The van der Waals surface area contributed by atoms with Gasteiger partial charge in [-0.1, -0.05) is 18.2 Å². The second-order valence-corrected chi connectivity index (χ2v) is 8.19. The Hall–Kier alpha value is -1.86. The second-order valence-electron chi connectivity index (χ2n) is 7.39. The van der Waals surface area contributed by atoms with Crippen molar-refractivity contribution in [1.29, 1.82) is 0 Å². The largest absolute Gasteiger partial charge is 0.342 e. The SMILES string of the molecule is Cn1c(C(=O)N2CCN(CC(=O)N3CCCC3)CC2)c(Br)c2ccccc21. The first-order chi connectivity index (χ1) is 13.1. The molecule has 27 heavy (non-hydrogen) atoms. The van der Waals surface area contributed by atoms with Crippen molar-refractivity contribution in [2.75, 3.05) is 45.8 Å². The fraction of sp³-hybridized carbons (Fsp3) is 0.500. The maximum Gasteiger partial charge on any atom is 0.271 e. The number of likely N-dealkylation sites (tertiary alicyclic amines) is 1. The summed E-state index contributed by atoms with van der Waals surface area (Å²) in [6.45, 7) is 5.05. The molecule has 0 bridgehead atoms. The van der Waals surface area contributed by atoms with E-state index in [0.717, 1.165) is 54.4 Å².